The summed E-state index contributed by atoms with van der Waals surface area (Å²) in [7, 11) is 0. The summed E-state index contributed by atoms with van der Waals surface area (Å²) >= 11 is 0. The van der Waals surface area contributed by atoms with Crippen LogP contribution in [0.15, 0.2) is 18.3 Å². The first-order valence-corrected chi connectivity index (χ1v) is 8.69. The molecule has 5 aliphatic rings. The molecular weight excluding hydrogens is 274 g/mol. The number of carbonyl (C=O) groups is 1. The summed E-state index contributed by atoms with van der Waals surface area (Å²) in [6, 6.07) is 4.17. The van der Waals surface area contributed by atoms with Gasteiger partial charge in [0.1, 0.15) is 0 Å². The van der Waals surface area contributed by atoms with Crippen LogP contribution in [0.3, 0.4) is 0 Å². The average Bonchev–Trinajstić information content (AvgIpc) is 2.89. The lowest BCUT2D eigenvalue weighted by Gasteiger charge is -2.57. The highest BCUT2D eigenvalue weighted by atomic mass is 16.2. The molecule has 1 aliphatic heterocycles. The molecule has 2 heterocycles. The third kappa shape index (κ3) is 1.96. The lowest BCUT2D eigenvalue weighted by Crippen LogP contribution is -2.61. The zero-order valence-corrected chi connectivity index (χ0v) is 12.9. The minimum Gasteiger partial charge on any atom is -0.333 e. The Balaban J connectivity index is 1.32. The molecule has 1 aromatic heterocycles. The van der Waals surface area contributed by atoms with Gasteiger partial charge in [-0.25, -0.2) is 4.79 Å². The summed E-state index contributed by atoms with van der Waals surface area (Å²) < 4.78 is 0. The van der Waals surface area contributed by atoms with E-state index in [4.69, 9.17) is 0 Å². The number of aromatic nitrogens is 1. The van der Waals surface area contributed by atoms with Gasteiger partial charge in [-0.05, 0) is 67.9 Å². The molecule has 4 saturated carbocycles. The van der Waals surface area contributed by atoms with Crippen LogP contribution < -0.4 is 5.32 Å². The SMILES string of the molecule is O=C(NC12CC3CC(CC(C3)C1)C2)N1Cc2cccnc2C1. The Morgan fingerprint density at radius 2 is 1.82 bits per heavy atom. The van der Waals surface area contributed by atoms with E-state index in [-0.39, 0.29) is 11.6 Å². The lowest BCUT2D eigenvalue weighted by molar-refractivity contribution is -0.0157. The molecule has 6 rings (SSSR count). The summed E-state index contributed by atoms with van der Waals surface area (Å²) in [4.78, 5) is 19.1. The zero-order chi connectivity index (χ0) is 14.7. The van der Waals surface area contributed by atoms with E-state index in [1.54, 1.807) is 0 Å². The number of hydrogen-bond donors (Lipinski definition) is 1. The maximum Gasteiger partial charge on any atom is 0.318 e. The first-order chi connectivity index (χ1) is 10.7. The number of nitrogens with zero attached hydrogens (tertiary/aromatic N) is 2. The van der Waals surface area contributed by atoms with Crippen LogP contribution >= 0.6 is 0 Å². The fraction of sp³-hybridized carbons (Fsp3) is 0.667. The Kier molecular flexibility index (Phi) is 2.62. The minimum atomic E-state index is 0.105. The average molecular weight is 297 g/mol. The molecule has 4 heteroatoms. The molecule has 0 saturated heterocycles. The Morgan fingerprint density at radius 1 is 1.14 bits per heavy atom. The van der Waals surface area contributed by atoms with Crippen LogP contribution in [0, 0.1) is 17.8 Å². The second-order valence-electron chi connectivity index (χ2n) is 8.09. The van der Waals surface area contributed by atoms with Crippen molar-refractivity contribution in [1.82, 2.24) is 15.2 Å². The second kappa shape index (κ2) is 4.46. The molecule has 22 heavy (non-hydrogen) atoms. The Bertz CT molecular complexity index is 566. The molecule has 116 valence electrons. The Hall–Kier alpha value is -1.58. The van der Waals surface area contributed by atoms with E-state index in [2.05, 4.69) is 16.4 Å². The lowest BCUT2D eigenvalue weighted by atomic mass is 9.53. The van der Waals surface area contributed by atoms with Gasteiger partial charge in [-0.15, -0.1) is 0 Å². The zero-order valence-electron chi connectivity index (χ0n) is 12.9. The molecule has 0 radical (unpaired) electrons. The predicted octanol–water partition coefficient (Wildman–Crippen LogP) is 3.08. The fourth-order valence-corrected chi connectivity index (χ4v) is 5.91. The van der Waals surface area contributed by atoms with Gasteiger partial charge in [0.2, 0.25) is 0 Å². The molecule has 0 aromatic carbocycles. The van der Waals surface area contributed by atoms with E-state index < -0.39 is 0 Å². The number of nitrogens with one attached hydrogen (secondary N) is 1. The molecule has 4 aliphatic carbocycles. The quantitative estimate of drug-likeness (QED) is 0.866. The van der Waals surface area contributed by atoms with Gasteiger partial charge in [-0.2, -0.15) is 0 Å². The van der Waals surface area contributed by atoms with Crippen molar-refractivity contribution in [3.63, 3.8) is 0 Å². The molecule has 0 atom stereocenters. The third-order valence-corrected chi connectivity index (χ3v) is 6.38. The van der Waals surface area contributed by atoms with Gasteiger partial charge < -0.3 is 10.2 Å². The van der Waals surface area contributed by atoms with E-state index >= 15 is 0 Å². The molecule has 4 nitrogen and oxygen atoms in total. The number of carbonyl (C=O) groups excluding carboxylic acids is 1. The van der Waals surface area contributed by atoms with Crippen LogP contribution in [0.5, 0.6) is 0 Å². The highest BCUT2D eigenvalue weighted by Gasteiger charge is 2.51. The topological polar surface area (TPSA) is 45.2 Å². The van der Waals surface area contributed by atoms with Gasteiger partial charge in [0.05, 0.1) is 12.2 Å². The second-order valence-corrected chi connectivity index (χ2v) is 8.09. The Labute approximate surface area is 131 Å². The van der Waals surface area contributed by atoms with E-state index in [0.717, 1.165) is 23.4 Å². The van der Waals surface area contributed by atoms with E-state index in [1.807, 2.05) is 17.2 Å². The van der Waals surface area contributed by atoms with Crippen molar-refractivity contribution in [1.29, 1.82) is 0 Å². The van der Waals surface area contributed by atoms with Crippen LogP contribution in [0.25, 0.3) is 0 Å². The first kappa shape index (κ1) is 12.9. The number of rotatable bonds is 1. The molecule has 4 bridgehead atoms. The Morgan fingerprint density at radius 3 is 2.45 bits per heavy atom. The summed E-state index contributed by atoms with van der Waals surface area (Å²) in [5.41, 5.74) is 2.36. The first-order valence-electron chi connectivity index (χ1n) is 8.69. The van der Waals surface area contributed by atoms with Crippen molar-refractivity contribution in [3.05, 3.63) is 29.6 Å². The van der Waals surface area contributed by atoms with Gasteiger partial charge in [-0.3, -0.25) is 4.98 Å². The third-order valence-electron chi connectivity index (χ3n) is 6.38. The van der Waals surface area contributed by atoms with Gasteiger partial charge in [0.25, 0.3) is 0 Å². The summed E-state index contributed by atoms with van der Waals surface area (Å²) in [6.45, 7) is 1.37. The van der Waals surface area contributed by atoms with Crippen molar-refractivity contribution >= 4 is 6.03 Å². The number of amides is 2. The van der Waals surface area contributed by atoms with E-state index in [1.165, 1.54) is 44.1 Å². The van der Waals surface area contributed by atoms with Crippen molar-refractivity contribution < 1.29 is 4.79 Å². The van der Waals surface area contributed by atoms with Crippen molar-refractivity contribution in [2.45, 2.75) is 57.2 Å². The maximum atomic E-state index is 12.8. The number of pyridine rings is 1. The van der Waals surface area contributed by atoms with Crippen LogP contribution in [0.4, 0.5) is 4.79 Å². The van der Waals surface area contributed by atoms with Gasteiger partial charge >= 0.3 is 6.03 Å². The normalized spacial score (nSPS) is 38.2. The monoisotopic (exact) mass is 297 g/mol. The smallest absolute Gasteiger partial charge is 0.318 e. The molecular formula is C18H23N3O. The molecule has 1 aromatic rings. The number of hydrogen-bond acceptors (Lipinski definition) is 2. The highest BCUT2D eigenvalue weighted by Crippen LogP contribution is 2.55. The van der Waals surface area contributed by atoms with Crippen LogP contribution in [0.2, 0.25) is 0 Å². The minimum absolute atomic E-state index is 0.105. The maximum absolute atomic E-state index is 12.8. The van der Waals surface area contributed by atoms with Crippen LogP contribution in [-0.4, -0.2) is 21.5 Å². The van der Waals surface area contributed by atoms with Crippen LogP contribution in [0.1, 0.15) is 49.8 Å². The summed E-state index contributed by atoms with van der Waals surface area (Å²) in [5.74, 6) is 2.59. The summed E-state index contributed by atoms with van der Waals surface area (Å²) in [6.07, 6.45) is 9.69. The van der Waals surface area contributed by atoms with Gasteiger partial charge in [0, 0.05) is 18.3 Å². The largest absolute Gasteiger partial charge is 0.333 e. The van der Waals surface area contributed by atoms with E-state index in [0.29, 0.717) is 13.1 Å². The predicted molar refractivity (Wildman–Crippen MR) is 82.9 cm³/mol. The number of fused-ring (bicyclic) bond motifs is 1. The van der Waals surface area contributed by atoms with Crippen molar-refractivity contribution in [2.75, 3.05) is 0 Å². The highest BCUT2D eigenvalue weighted by molar-refractivity contribution is 5.76. The van der Waals surface area contributed by atoms with Gasteiger partial charge in [-0.1, -0.05) is 6.07 Å². The van der Waals surface area contributed by atoms with Crippen LogP contribution in [-0.2, 0) is 13.1 Å². The molecule has 2 amide bonds. The van der Waals surface area contributed by atoms with Crippen molar-refractivity contribution in [3.8, 4) is 0 Å². The van der Waals surface area contributed by atoms with Gasteiger partial charge in [0.15, 0.2) is 0 Å². The molecule has 0 unspecified atom stereocenters. The fourth-order valence-electron chi connectivity index (χ4n) is 5.91. The summed E-state index contributed by atoms with van der Waals surface area (Å²) in [5, 5.41) is 3.46. The van der Waals surface area contributed by atoms with E-state index in [9.17, 15) is 4.79 Å². The standard InChI is InChI=1S/C18H23N3O/c22-17(21-10-15-2-1-3-19-16(15)11-21)20-18-7-12-4-13(8-18)6-14(5-12)9-18/h1-3,12-14H,4-11H2,(H,20,22). The van der Waals surface area contributed by atoms with Crippen molar-refractivity contribution in [2.24, 2.45) is 17.8 Å². The molecule has 4 fully saturated rings. The molecule has 0 spiro atoms. The number of urea groups is 1. The molecule has 1 N–H and O–H groups in total.